The average molecular weight is 269 g/mol. The summed E-state index contributed by atoms with van der Waals surface area (Å²) in [6.07, 6.45) is 0. The molecule has 0 fully saturated rings. The van der Waals surface area contributed by atoms with Crippen molar-refractivity contribution in [1.29, 1.82) is 0 Å². The molecule has 0 saturated carbocycles. The molecule has 1 rings (SSSR count). The van der Waals surface area contributed by atoms with Gasteiger partial charge in [-0.1, -0.05) is 12.1 Å². The third-order valence-electron chi connectivity index (χ3n) is 1.39. The second kappa shape index (κ2) is 4.72. The molecule has 0 spiro atoms. The van der Waals surface area contributed by atoms with Gasteiger partial charge in [0.15, 0.2) is 0 Å². The third-order valence-corrected chi connectivity index (χ3v) is 1.39. The molecule has 0 heterocycles. The van der Waals surface area contributed by atoms with Crippen molar-refractivity contribution in [2.24, 2.45) is 0 Å². The fraction of sp³-hybridized carbons (Fsp3) is 0. The number of aromatic carboxylic acids is 2. The van der Waals surface area contributed by atoms with Gasteiger partial charge in [-0.2, -0.15) is 0 Å². The maximum Gasteiger partial charge on any atom is 0.336 e. The van der Waals surface area contributed by atoms with Gasteiger partial charge in [0.1, 0.15) is 0 Å². The molecule has 1 aromatic carbocycles. The summed E-state index contributed by atoms with van der Waals surface area (Å²) < 4.78 is 0. The quantitative estimate of drug-likeness (QED) is 0.788. The van der Waals surface area contributed by atoms with Gasteiger partial charge in [0.2, 0.25) is 0 Å². The molecule has 0 amide bonds. The van der Waals surface area contributed by atoms with Gasteiger partial charge < -0.3 is 10.2 Å². The number of carboxylic acids is 2. The van der Waals surface area contributed by atoms with E-state index in [0.29, 0.717) is 0 Å². The molecule has 1 aromatic rings. The largest absolute Gasteiger partial charge is 0.478 e. The summed E-state index contributed by atoms with van der Waals surface area (Å²) in [6, 6.07) is 5.48. The van der Waals surface area contributed by atoms with Gasteiger partial charge in [-0.15, -0.1) is 0 Å². The van der Waals surface area contributed by atoms with E-state index in [0.717, 1.165) is 0 Å². The summed E-state index contributed by atoms with van der Waals surface area (Å²) in [5.74, 6) is -2.46. The Bertz CT molecular complexity index is 302. The second-order valence-electron chi connectivity index (χ2n) is 2.16. The standard InChI is InChI=1S/C8H6O4.Rh/c9-7(10)5-3-1-2-4-6(5)8(11)12;/h1-4H,(H,9,10)(H,11,12);. The molecular formula is C8H6O4Rh. The Kier molecular flexibility index (Phi) is 4.28. The number of hydrogen-bond donors (Lipinski definition) is 2. The molecule has 0 unspecified atom stereocenters. The Labute approximate surface area is 87.0 Å². The first kappa shape index (κ1) is 11.8. The van der Waals surface area contributed by atoms with Crippen molar-refractivity contribution < 1.29 is 39.3 Å². The van der Waals surface area contributed by atoms with E-state index in [4.69, 9.17) is 10.2 Å². The van der Waals surface area contributed by atoms with Crippen LogP contribution in [0.1, 0.15) is 20.7 Å². The summed E-state index contributed by atoms with van der Waals surface area (Å²) in [5.41, 5.74) is -0.380. The fourth-order valence-corrected chi connectivity index (χ4v) is 0.856. The number of benzene rings is 1. The van der Waals surface area contributed by atoms with Crippen LogP contribution in [-0.4, -0.2) is 22.2 Å². The maximum absolute atomic E-state index is 10.5. The zero-order valence-corrected chi connectivity index (χ0v) is 7.99. The number of carbonyl (C=O) groups is 2. The van der Waals surface area contributed by atoms with Crippen molar-refractivity contribution >= 4 is 11.9 Å². The van der Waals surface area contributed by atoms with Crippen molar-refractivity contribution in [3.8, 4) is 0 Å². The van der Waals surface area contributed by atoms with Crippen LogP contribution in [0.2, 0.25) is 0 Å². The Morgan fingerprint density at radius 3 is 1.46 bits per heavy atom. The Morgan fingerprint density at radius 1 is 0.923 bits per heavy atom. The molecule has 0 aliphatic heterocycles. The Morgan fingerprint density at radius 2 is 1.23 bits per heavy atom. The summed E-state index contributed by atoms with van der Waals surface area (Å²) in [7, 11) is 0. The van der Waals surface area contributed by atoms with E-state index in [9.17, 15) is 9.59 Å². The molecule has 1 radical (unpaired) electrons. The van der Waals surface area contributed by atoms with Crippen LogP contribution in [0, 0.1) is 0 Å². The van der Waals surface area contributed by atoms with E-state index in [1.807, 2.05) is 0 Å². The first-order valence-electron chi connectivity index (χ1n) is 3.18. The summed E-state index contributed by atoms with van der Waals surface area (Å²) >= 11 is 0. The van der Waals surface area contributed by atoms with Crippen LogP contribution in [0.4, 0.5) is 0 Å². The van der Waals surface area contributed by atoms with Crippen molar-refractivity contribution in [2.75, 3.05) is 0 Å². The molecule has 71 valence electrons. The van der Waals surface area contributed by atoms with E-state index >= 15 is 0 Å². The van der Waals surface area contributed by atoms with Crippen LogP contribution < -0.4 is 0 Å². The molecule has 4 nitrogen and oxygen atoms in total. The van der Waals surface area contributed by atoms with E-state index in [1.54, 1.807) is 0 Å². The Hall–Kier alpha value is -1.22. The summed E-state index contributed by atoms with van der Waals surface area (Å²) in [4.78, 5) is 20.9. The van der Waals surface area contributed by atoms with Gasteiger partial charge in [-0.05, 0) is 12.1 Å². The average Bonchev–Trinajstić information content (AvgIpc) is 2.04. The zero-order chi connectivity index (χ0) is 9.14. The molecule has 13 heavy (non-hydrogen) atoms. The smallest absolute Gasteiger partial charge is 0.336 e. The van der Waals surface area contributed by atoms with Crippen LogP contribution in [-0.2, 0) is 19.5 Å². The first-order chi connectivity index (χ1) is 5.63. The predicted octanol–water partition coefficient (Wildman–Crippen LogP) is 1.08. The van der Waals surface area contributed by atoms with E-state index in [-0.39, 0.29) is 30.6 Å². The minimum Gasteiger partial charge on any atom is -0.478 e. The molecule has 0 saturated heterocycles. The van der Waals surface area contributed by atoms with Crippen LogP contribution in [0.5, 0.6) is 0 Å². The van der Waals surface area contributed by atoms with Gasteiger partial charge in [0.05, 0.1) is 11.1 Å². The molecule has 2 N–H and O–H groups in total. The number of rotatable bonds is 2. The number of hydrogen-bond acceptors (Lipinski definition) is 2. The summed E-state index contributed by atoms with van der Waals surface area (Å²) in [5, 5.41) is 17.1. The van der Waals surface area contributed by atoms with Crippen molar-refractivity contribution in [1.82, 2.24) is 0 Å². The van der Waals surface area contributed by atoms with Gasteiger partial charge >= 0.3 is 11.9 Å². The maximum atomic E-state index is 10.5. The van der Waals surface area contributed by atoms with Crippen LogP contribution in [0.3, 0.4) is 0 Å². The first-order valence-corrected chi connectivity index (χ1v) is 3.18. The number of carboxylic acid groups (broad SMARTS) is 2. The van der Waals surface area contributed by atoms with Gasteiger partial charge in [0, 0.05) is 19.5 Å². The van der Waals surface area contributed by atoms with Crippen LogP contribution >= 0.6 is 0 Å². The second-order valence-corrected chi connectivity index (χ2v) is 2.16. The normalized spacial score (nSPS) is 8.62. The molecule has 0 aliphatic rings. The van der Waals surface area contributed by atoms with Crippen LogP contribution in [0.15, 0.2) is 24.3 Å². The van der Waals surface area contributed by atoms with Gasteiger partial charge in [0.25, 0.3) is 0 Å². The SMILES string of the molecule is O=C(O)c1ccccc1C(=O)O.[Rh]. The monoisotopic (exact) mass is 269 g/mol. The minimum atomic E-state index is -1.23. The van der Waals surface area contributed by atoms with E-state index in [2.05, 4.69) is 0 Å². The van der Waals surface area contributed by atoms with Crippen molar-refractivity contribution in [3.63, 3.8) is 0 Å². The molecule has 0 atom stereocenters. The Balaban J connectivity index is 0.00000144. The molecular weight excluding hydrogens is 263 g/mol. The fourth-order valence-electron chi connectivity index (χ4n) is 0.856. The zero-order valence-electron chi connectivity index (χ0n) is 6.35. The van der Waals surface area contributed by atoms with Crippen LogP contribution in [0.25, 0.3) is 0 Å². The topological polar surface area (TPSA) is 74.6 Å². The van der Waals surface area contributed by atoms with Gasteiger partial charge in [-0.25, -0.2) is 9.59 Å². The molecule has 0 aromatic heterocycles. The predicted molar refractivity (Wildman–Crippen MR) is 40.4 cm³/mol. The van der Waals surface area contributed by atoms with E-state index < -0.39 is 11.9 Å². The molecule has 0 bridgehead atoms. The third kappa shape index (κ3) is 2.63. The van der Waals surface area contributed by atoms with Crippen molar-refractivity contribution in [3.05, 3.63) is 35.4 Å². The van der Waals surface area contributed by atoms with Crippen molar-refractivity contribution in [2.45, 2.75) is 0 Å². The van der Waals surface area contributed by atoms with Gasteiger partial charge in [-0.3, -0.25) is 0 Å². The molecule has 0 aliphatic carbocycles. The van der Waals surface area contributed by atoms with E-state index in [1.165, 1.54) is 24.3 Å². The summed E-state index contributed by atoms with van der Waals surface area (Å²) in [6.45, 7) is 0. The minimum absolute atomic E-state index is 0. The molecule has 5 heteroatoms.